The number of thioether (sulfide) groups is 1. The number of hydrogen-bond donors (Lipinski definition) is 3. The maximum Gasteiger partial charge on any atom is 0.260 e. The molecular weight excluding hydrogens is 284 g/mol. The van der Waals surface area contributed by atoms with E-state index < -0.39 is 0 Å². The number of nitrogen functional groups attached to an aromatic ring is 1. The van der Waals surface area contributed by atoms with Gasteiger partial charge in [0.2, 0.25) is 5.95 Å². The van der Waals surface area contributed by atoms with Crippen LogP contribution < -0.4 is 16.6 Å². The molecule has 0 spiro atoms. The summed E-state index contributed by atoms with van der Waals surface area (Å²) in [5.74, 6) is 0.512. The normalized spacial score (nSPS) is 11.8. The molecule has 0 bridgehead atoms. The van der Waals surface area contributed by atoms with Crippen molar-refractivity contribution < 1.29 is 0 Å². The predicted octanol–water partition coefficient (Wildman–Crippen LogP) is 2.84. The van der Waals surface area contributed by atoms with E-state index in [0.717, 1.165) is 19.4 Å². The SMILES string of the molecule is CCC(CC)(CNc1nc2ccc(N)cc2c(=O)[nH]1)SC. The van der Waals surface area contributed by atoms with Crippen molar-refractivity contribution in [3.05, 3.63) is 28.6 Å². The van der Waals surface area contributed by atoms with Crippen LogP contribution >= 0.6 is 11.8 Å². The van der Waals surface area contributed by atoms with E-state index in [9.17, 15) is 4.79 Å². The highest BCUT2D eigenvalue weighted by Crippen LogP contribution is 2.30. The van der Waals surface area contributed by atoms with Crippen LogP contribution in [0.1, 0.15) is 26.7 Å². The fraction of sp³-hybridized carbons (Fsp3) is 0.467. The highest BCUT2D eigenvalue weighted by Gasteiger charge is 2.24. The van der Waals surface area contributed by atoms with E-state index in [-0.39, 0.29) is 10.3 Å². The Morgan fingerprint density at radius 2 is 2.10 bits per heavy atom. The van der Waals surface area contributed by atoms with Crippen molar-refractivity contribution in [2.45, 2.75) is 31.4 Å². The number of aromatic amines is 1. The lowest BCUT2D eigenvalue weighted by atomic mass is 10.0. The molecule has 0 atom stereocenters. The molecule has 0 radical (unpaired) electrons. The molecule has 0 amide bonds. The number of benzene rings is 1. The number of hydrogen-bond acceptors (Lipinski definition) is 5. The van der Waals surface area contributed by atoms with Gasteiger partial charge in [-0.15, -0.1) is 0 Å². The molecule has 1 aromatic heterocycles. The molecule has 0 fully saturated rings. The minimum Gasteiger partial charge on any atom is -0.399 e. The molecular formula is C15H22N4OS. The van der Waals surface area contributed by atoms with Gasteiger partial charge in [0.25, 0.3) is 5.56 Å². The smallest absolute Gasteiger partial charge is 0.260 e. The van der Waals surface area contributed by atoms with E-state index in [1.165, 1.54) is 0 Å². The Kier molecular flexibility index (Phi) is 4.77. The standard InChI is InChI=1S/C15H22N4OS/c1-4-15(5-2,21-3)9-17-14-18-12-7-6-10(16)8-11(12)13(20)19-14/h6-8H,4-5,9,16H2,1-3H3,(H2,17,18,19,20). The van der Waals surface area contributed by atoms with Gasteiger partial charge >= 0.3 is 0 Å². The average Bonchev–Trinajstić information content (AvgIpc) is 2.50. The maximum absolute atomic E-state index is 12.1. The molecule has 0 saturated heterocycles. The summed E-state index contributed by atoms with van der Waals surface area (Å²) in [6.45, 7) is 5.13. The lowest BCUT2D eigenvalue weighted by Gasteiger charge is -2.29. The second-order valence-corrected chi connectivity index (χ2v) is 6.41. The second kappa shape index (κ2) is 6.39. The number of fused-ring (bicyclic) bond motifs is 1. The summed E-state index contributed by atoms with van der Waals surface area (Å²) in [6.07, 6.45) is 4.24. The molecule has 6 heteroatoms. The second-order valence-electron chi connectivity index (χ2n) is 5.14. The van der Waals surface area contributed by atoms with Crippen molar-refractivity contribution in [2.75, 3.05) is 23.9 Å². The van der Waals surface area contributed by atoms with Crippen molar-refractivity contribution in [1.82, 2.24) is 9.97 Å². The fourth-order valence-corrected chi connectivity index (χ4v) is 3.14. The Hall–Kier alpha value is -1.69. The summed E-state index contributed by atoms with van der Waals surface area (Å²) in [5, 5.41) is 3.78. The molecule has 4 N–H and O–H groups in total. The molecule has 0 aliphatic carbocycles. The van der Waals surface area contributed by atoms with Crippen molar-refractivity contribution in [1.29, 1.82) is 0 Å². The number of H-pyrrole nitrogens is 1. The third-order valence-corrected chi connectivity index (χ3v) is 5.62. The van der Waals surface area contributed by atoms with Crippen LogP contribution in [0.3, 0.4) is 0 Å². The zero-order valence-corrected chi connectivity index (χ0v) is 13.5. The van der Waals surface area contributed by atoms with Crippen LogP contribution in [0.5, 0.6) is 0 Å². The Labute approximate surface area is 128 Å². The summed E-state index contributed by atoms with van der Waals surface area (Å²) in [6, 6.07) is 5.17. The number of nitrogens with one attached hydrogen (secondary N) is 2. The minimum atomic E-state index is -0.169. The Balaban J connectivity index is 2.28. The van der Waals surface area contributed by atoms with E-state index >= 15 is 0 Å². The highest BCUT2D eigenvalue weighted by molar-refractivity contribution is 8.00. The molecule has 0 saturated carbocycles. The van der Waals surface area contributed by atoms with E-state index in [1.54, 1.807) is 18.2 Å². The number of nitrogens with two attached hydrogens (primary N) is 1. The maximum atomic E-state index is 12.1. The summed E-state index contributed by atoms with van der Waals surface area (Å²) in [5.41, 5.74) is 6.75. The van der Waals surface area contributed by atoms with E-state index in [0.29, 0.717) is 22.5 Å². The fourth-order valence-electron chi connectivity index (χ4n) is 2.35. The molecule has 114 valence electrons. The van der Waals surface area contributed by atoms with E-state index in [1.807, 2.05) is 11.8 Å². The monoisotopic (exact) mass is 306 g/mol. The third-order valence-electron chi connectivity index (χ3n) is 4.03. The highest BCUT2D eigenvalue weighted by atomic mass is 32.2. The summed E-state index contributed by atoms with van der Waals surface area (Å²) < 4.78 is 0.161. The molecule has 5 nitrogen and oxygen atoms in total. The van der Waals surface area contributed by atoms with Gasteiger partial charge in [-0.1, -0.05) is 13.8 Å². The van der Waals surface area contributed by atoms with Crippen LogP contribution in [-0.4, -0.2) is 27.5 Å². The van der Waals surface area contributed by atoms with Crippen LogP contribution in [0.2, 0.25) is 0 Å². The Bertz CT molecular complexity index is 671. The Morgan fingerprint density at radius 3 is 2.71 bits per heavy atom. The third kappa shape index (κ3) is 3.32. The van der Waals surface area contributed by atoms with Crippen molar-refractivity contribution in [3.8, 4) is 0 Å². The van der Waals surface area contributed by atoms with Gasteiger partial charge in [0.05, 0.1) is 10.9 Å². The number of nitrogens with zero attached hydrogens (tertiary/aromatic N) is 1. The minimum absolute atomic E-state index is 0.161. The molecule has 0 aliphatic rings. The van der Waals surface area contributed by atoms with Gasteiger partial charge in [-0.2, -0.15) is 11.8 Å². The topological polar surface area (TPSA) is 83.8 Å². The first-order valence-corrected chi connectivity index (χ1v) is 8.34. The average molecular weight is 306 g/mol. The van der Waals surface area contributed by atoms with Gasteiger partial charge in [-0.3, -0.25) is 9.78 Å². The molecule has 0 aliphatic heterocycles. The first-order chi connectivity index (χ1) is 10.0. The molecule has 1 heterocycles. The number of anilines is 2. The van der Waals surface area contributed by atoms with Crippen LogP contribution in [0.15, 0.2) is 23.0 Å². The first kappa shape index (κ1) is 15.7. The van der Waals surface area contributed by atoms with Gasteiger partial charge in [-0.25, -0.2) is 4.98 Å². The zero-order chi connectivity index (χ0) is 15.5. The molecule has 2 rings (SSSR count). The lowest BCUT2D eigenvalue weighted by Crippen LogP contribution is -2.33. The van der Waals surface area contributed by atoms with Crippen molar-refractivity contribution in [3.63, 3.8) is 0 Å². The lowest BCUT2D eigenvalue weighted by molar-refractivity contribution is 0.573. The van der Waals surface area contributed by atoms with E-state index in [2.05, 4.69) is 35.4 Å². The van der Waals surface area contributed by atoms with Crippen LogP contribution in [0.25, 0.3) is 10.9 Å². The molecule has 21 heavy (non-hydrogen) atoms. The summed E-state index contributed by atoms with van der Waals surface area (Å²) in [4.78, 5) is 19.3. The van der Waals surface area contributed by atoms with Gasteiger partial charge in [0, 0.05) is 17.0 Å². The van der Waals surface area contributed by atoms with Gasteiger partial charge in [0.1, 0.15) is 0 Å². The predicted molar refractivity (Wildman–Crippen MR) is 92.1 cm³/mol. The number of aromatic nitrogens is 2. The Morgan fingerprint density at radius 1 is 1.38 bits per heavy atom. The van der Waals surface area contributed by atoms with Crippen LogP contribution in [0.4, 0.5) is 11.6 Å². The van der Waals surface area contributed by atoms with E-state index in [4.69, 9.17) is 5.73 Å². The summed E-state index contributed by atoms with van der Waals surface area (Å²) in [7, 11) is 0. The molecule has 1 aromatic carbocycles. The van der Waals surface area contributed by atoms with Crippen molar-refractivity contribution >= 4 is 34.3 Å². The number of rotatable bonds is 6. The zero-order valence-electron chi connectivity index (χ0n) is 12.7. The molecule has 2 aromatic rings. The van der Waals surface area contributed by atoms with Gasteiger partial charge in [0.15, 0.2) is 0 Å². The first-order valence-electron chi connectivity index (χ1n) is 7.12. The van der Waals surface area contributed by atoms with Gasteiger partial charge < -0.3 is 11.1 Å². The molecule has 0 unspecified atom stereocenters. The summed E-state index contributed by atoms with van der Waals surface area (Å²) >= 11 is 1.85. The van der Waals surface area contributed by atoms with Crippen LogP contribution in [0, 0.1) is 0 Å². The van der Waals surface area contributed by atoms with Crippen LogP contribution in [-0.2, 0) is 0 Å². The van der Waals surface area contributed by atoms with Gasteiger partial charge in [-0.05, 0) is 37.3 Å². The largest absolute Gasteiger partial charge is 0.399 e. The quantitative estimate of drug-likeness (QED) is 0.715. The van der Waals surface area contributed by atoms with Crippen molar-refractivity contribution in [2.24, 2.45) is 0 Å².